The minimum atomic E-state index is -0.199. The molecule has 10 heteroatoms. The van der Waals surface area contributed by atoms with Gasteiger partial charge in [0, 0.05) is 42.5 Å². The highest BCUT2D eigenvalue weighted by Gasteiger charge is 2.22. The molecule has 0 saturated carbocycles. The van der Waals surface area contributed by atoms with Crippen molar-refractivity contribution < 1.29 is 9.53 Å². The first-order valence-electron chi connectivity index (χ1n) is 10.6. The summed E-state index contributed by atoms with van der Waals surface area (Å²) in [5.41, 5.74) is 1.82. The lowest BCUT2D eigenvalue weighted by molar-refractivity contribution is -0.119. The Bertz CT molecular complexity index is 1170. The van der Waals surface area contributed by atoms with Gasteiger partial charge in [0.25, 0.3) is 5.56 Å². The molecule has 1 fully saturated rings. The number of carbonyl (C=O) groups is 1. The Morgan fingerprint density at radius 3 is 2.84 bits per heavy atom. The number of morpholine rings is 1. The van der Waals surface area contributed by atoms with Gasteiger partial charge in [-0.3, -0.25) is 24.0 Å². The van der Waals surface area contributed by atoms with Crippen LogP contribution in [0.1, 0.15) is 17.7 Å². The number of rotatable bonds is 7. The predicted molar refractivity (Wildman–Crippen MR) is 127 cm³/mol. The average Bonchev–Trinajstić information content (AvgIpc) is 3.20. The van der Waals surface area contributed by atoms with E-state index in [9.17, 15) is 9.59 Å². The molecule has 1 aliphatic rings. The largest absolute Gasteiger partial charge is 0.379 e. The Labute approximate surface area is 195 Å². The van der Waals surface area contributed by atoms with E-state index >= 15 is 0 Å². The Kier molecular flexibility index (Phi) is 7.20. The van der Waals surface area contributed by atoms with E-state index in [4.69, 9.17) is 16.3 Å². The molecule has 8 nitrogen and oxygen atoms in total. The molecule has 0 spiro atoms. The quantitative estimate of drug-likeness (QED) is 0.522. The molecule has 3 aromatic rings. The average molecular weight is 476 g/mol. The maximum atomic E-state index is 13.3. The number of hydrogen-bond acceptors (Lipinski definition) is 7. The van der Waals surface area contributed by atoms with Gasteiger partial charge in [-0.25, -0.2) is 9.97 Å². The first-order valence-corrected chi connectivity index (χ1v) is 11.8. The van der Waals surface area contributed by atoms with Gasteiger partial charge in [0.1, 0.15) is 6.54 Å². The topological polar surface area (TPSA) is 80.6 Å². The molecular formula is C22H26ClN5O3S. The van der Waals surface area contributed by atoms with Gasteiger partial charge < -0.3 is 4.74 Å². The van der Waals surface area contributed by atoms with E-state index in [1.165, 1.54) is 22.2 Å². The number of hydrogen-bond donors (Lipinski definition) is 0. The third kappa shape index (κ3) is 5.17. The van der Waals surface area contributed by atoms with Gasteiger partial charge in [-0.15, -0.1) is 0 Å². The first-order chi connectivity index (χ1) is 15.4. The van der Waals surface area contributed by atoms with Crippen molar-refractivity contribution in [3.05, 3.63) is 51.2 Å². The standard InChI is InChI=1S/C22H26ClN5O3S/c1-15-16(2)24-14-27(21(15)30)13-20(29)28(7-3-6-26-8-10-31-11-9-26)22-25-18-5-4-17(23)12-19(18)32-22/h4-5,12,14H,3,6-11,13H2,1-2H3. The number of aryl methyl sites for hydroxylation is 1. The molecule has 0 N–H and O–H groups in total. The summed E-state index contributed by atoms with van der Waals surface area (Å²) >= 11 is 7.56. The monoisotopic (exact) mass is 475 g/mol. The van der Waals surface area contributed by atoms with E-state index in [1.54, 1.807) is 24.8 Å². The lowest BCUT2D eigenvalue weighted by Gasteiger charge is -2.27. The van der Waals surface area contributed by atoms with Gasteiger partial charge in [-0.05, 0) is 38.5 Å². The van der Waals surface area contributed by atoms with Crippen LogP contribution in [0.4, 0.5) is 5.13 Å². The summed E-state index contributed by atoms with van der Waals surface area (Å²) in [5.74, 6) is -0.190. The first kappa shape index (κ1) is 22.8. The fraction of sp³-hybridized carbons (Fsp3) is 0.455. The van der Waals surface area contributed by atoms with Crippen LogP contribution in [-0.2, 0) is 16.1 Å². The molecular weight excluding hydrogens is 450 g/mol. The molecule has 1 saturated heterocycles. The second-order valence-corrected chi connectivity index (χ2v) is 9.29. The number of fused-ring (bicyclic) bond motifs is 1. The number of aromatic nitrogens is 3. The smallest absolute Gasteiger partial charge is 0.256 e. The number of thiazole rings is 1. The van der Waals surface area contributed by atoms with Crippen molar-refractivity contribution in [1.82, 2.24) is 19.4 Å². The Morgan fingerprint density at radius 2 is 2.06 bits per heavy atom. The number of ether oxygens (including phenoxy) is 1. The maximum Gasteiger partial charge on any atom is 0.256 e. The van der Waals surface area contributed by atoms with Crippen LogP contribution < -0.4 is 10.5 Å². The van der Waals surface area contributed by atoms with Crippen LogP contribution >= 0.6 is 22.9 Å². The molecule has 170 valence electrons. The van der Waals surface area contributed by atoms with Crippen molar-refractivity contribution in [1.29, 1.82) is 0 Å². The highest BCUT2D eigenvalue weighted by Crippen LogP contribution is 2.31. The summed E-state index contributed by atoms with van der Waals surface area (Å²) in [6.07, 6.45) is 2.23. The molecule has 0 aliphatic carbocycles. The molecule has 1 amide bonds. The zero-order valence-corrected chi connectivity index (χ0v) is 19.8. The van der Waals surface area contributed by atoms with Gasteiger partial charge in [-0.2, -0.15) is 0 Å². The van der Waals surface area contributed by atoms with E-state index in [1.807, 2.05) is 12.1 Å². The van der Waals surface area contributed by atoms with Crippen LogP contribution in [0.15, 0.2) is 29.3 Å². The number of benzene rings is 1. The second-order valence-electron chi connectivity index (χ2n) is 7.85. The van der Waals surface area contributed by atoms with Gasteiger partial charge in [0.05, 0.1) is 29.8 Å². The SMILES string of the molecule is Cc1ncn(CC(=O)N(CCCN2CCOCC2)c2nc3ccc(Cl)cc3s2)c(=O)c1C. The summed E-state index contributed by atoms with van der Waals surface area (Å²) in [5, 5.41) is 1.24. The minimum Gasteiger partial charge on any atom is -0.379 e. The molecule has 0 atom stereocenters. The predicted octanol–water partition coefficient (Wildman–Crippen LogP) is 2.88. The molecule has 0 unspecified atom stereocenters. The maximum absolute atomic E-state index is 13.3. The Morgan fingerprint density at radius 1 is 1.28 bits per heavy atom. The molecule has 0 radical (unpaired) electrons. The van der Waals surface area contributed by atoms with Crippen molar-refractivity contribution in [3.8, 4) is 0 Å². The zero-order chi connectivity index (χ0) is 22.7. The third-order valence-corrected chi connectivity index (χ3v) is 6.93. The second kappa shape index (κ2) is 10.1. The molecule has 1 aliphatic heterocycles. The van der Waals surface area contributed by atoms with Crippen LogP contribution in [0.3, 0.4) is 0 Å². The van der Waals surface area contributed by atoms with Gasteiger partial charge in [0.15, 0.2) is 5.13 Å². The summed E-state index contributed by atoms with van der Waals surface area (Å²) in [7, 11) is 0. The van der Waals surface area contributed by atoms with Gasteiger partial charge in [0.2, 0.25) is 5.91 Å². The van der Waals surface area contributed by atoms with Gasteiger partial charge >= 0.3 is 0 Å². The van der Waals surface area contributed by atoms with Crippen LogP contribution in [0, 0.1) is 13.8 Å². The van der Waals surface area contributed by atoms with Crippen molar-refractivity contribution in [2.45, 2.75) is 26.8 Å². The third-order valence-electron chi connectivity index (χ3n) is 5.65. The van der Waals surface area contributed by atoms with E-state index in [-0.39, 0.29) is 18.0 Å². The normalized spacial score (nSPS) is 14.7. The Hall–Kier alpha value is -2.33. The highest BCUT2D eigenvalue weighted by atomic mass is 35.5. The van der Waals surface area contributed by atoms with Crippen LogP contribution in [0.25, 0.3) is 10.2 Å². The van der Waals surface area contributed by atoms with Crippen molar-refractivity contribution in [3.63, 3.8) is 0 Å². The minimum absolute atomic E-state index is 0.0822. The lowest BCUT2D eigenvalue weighted by atomic mass is 10.2. The van der Waals surface area contributed by atoms with E-state index in [0.29, 0.717) is 28.0 Å². The van der Waals surface area contributed by atoms with E-state index in [0.717, 1.165) is 49.5 Å². The molecule has 0 bridgehead atoms. The van der Waals surface area contributed by atoms with Crippen LogP contribution in [0.5, 0.6) is 0 Å². The summed E-state index contributed by atoms with van der Waals surface area (Å²) in [6.45, 7) is 8.09. The summed E-state index contributed by atoms with van der Waals surface area (Å²) in [6, 6.07) is 5.50. The molecule has 32 heavy (non-hydrogen) atoms. The zero-order valence-electron chi connectivity index (χ0n) is 18.2. The number of nitrogens with zero attached hydrogens (tertiary/aromatic N) is 5. The fourth-order valence-corrected chi connectivity index (χ4v) is 4.91. The molecule has 3 heterocycles. The van der Waals surface area contributed by atoms with Crippen LogP contribution in [0.2, 0.25) is 5.02 Å². The number of amides is 1. The lowest BCUT2D eigenvalue weighted by Crippen LogP contribution is -2.41. The fourth-order valence-electron chi connectivity index (χ4n) is 3.63. The van der Waals surface area contributed by atoms with Crippen LogP contribution in [-0.4, -0.2) is 64.7 Å². The molecule has 2 aromatic heterocycles. The van der Waals surface area contributed by atoms with Crippen molar-refractivity contribution in [2.75, 3.05) is 44.3 Å². The summed E-state index contributed by atoms with van der Waals surface area (Å²) in [4.78, 5) is 38.8. The van der Waals surface area contributed by atoms with E-state index in [2.05, 4.69) is 14.9 Å². The Balaban J connectivity index is 1.56. The van der Waals surface area contributed by atoms with Crippen molar-refractivity contribution >= 4 is 44.2 Å². The number of anilines is 1. The van der Waals surface area contributed by atoms with E-state index < -0.39 is 0 Å². The molecule has 1 aromatic carbocycles. The summed E-state index contributed by atoms with van der Waals surface area (Å²) < 4.78 is 7.69. The number of carbonyl (C=O) groups excluding carboxylic acids is 1. The van der Waals surface area contributed by atoms with Gasteiger partial charge in [-0.1, -0.05) is 22.9 Å². The number of halogens is 1. The molecule has 4 rings (SSSR count). The highest BCUT2D eigenvalue weighted by molar-refractivity contribution is 7.22. The van der Waals surface area contributed by atoms with Crippen molar-refractivity contribution in [2.24, 2.45) is 0 Å².